The molecule has 0 amide bonds. The van der Waals surface area contributed by atoms with Crippen LogP contribution in [0.2, 0.25) is 0 Å². The van der Waals surface area contributed by atoms with Crippen LogP contribution in [-0.2, 0) is 38.1 Å². The van der Waals surface area contributed by atoms with Crippen LogP contribution in [0.1, 0.15) is 37.6 Å². The zero-order valence-electron chi connectivity index (χ0n) is 24.4. The second-order valence-electron chi connectivity index (χ2n) is 13.7. The van der Waals surface area contributed by atoms with Crippen molar-refractivity contribution in [1.29, 1.82) is 0 Å². The number of esters is 4. The number of fused-ring (bicyclic) bond motifs is 1. The predicted molar refractivity (Wildman–Crippen MR) is 145 cm³/mol. The number of carbonyl (C=O) groups excluding carboxylic acids is 4. The number of benzene rings is 2. The Morgan fingerprint density at radius 2 is 1.58 bits per heavy atom. The van der Waals surface area contributed by atoms with E-state index in [1.165, 1.54) is 12.1 Å². The molecular weight excluding hydrogens is 592 g/mol. The molecule has 13 heteroatoms. The van der Waals surface area contributed by atoms with E-state index < -0.39 is 94.1 Å². The van der Waals surface area contributed by atoms with Gasteiger partial charge in [-0.3, -0.25) is 0 Å². The average molecular weight is 623 g/mol. The third kappa shape index (κ3) is 2.94. The van der Waals surface area contributed by atoms with Crippen LogP contribution < -0.4 is 4.74 Å². The zero-order chi connectivity index (χ0) is 31.9. The van der Waals surface area contributed by atoms with Crippen LogP contribution in [0.15, 0.2) is 54.6 Å². The SMILES string of the molecule is CC(C)(C)[C@@H]1CC2OC(=O)C34OC5OC(=O)[C@H](OC(=O)c6ccc(Oc7ccccc7)cc6)C51C23[C@@H](O)C1OC(=O)[C@@H](O)[C@@]14O. The molecule has 4 heterocycles. The summed E-state index contributed by atoms with van der Waals surface area (Å²) in [5, 5.41) is 35.0. The molecular formula is C32H30O13. The number of aliphatic hydroxyl groups is 3. The third-order valence-corrected chi connectivity index (χ3v) is 10.9. The summed E-state index contributed by atoms with van der Waals surface area (Å²) in [6.07, 6.45) is -10.5. The lowest BCUT2D eigenvalue weighted by Crippen LogP contribution is -2.69. The number of hydrogen-bond donors (Lipinski definition) is 3. The molecule has 6 aliphatic rings. The lowest BCUT2D eigenvalue weighted by Gasteiger charge is -2.48. The maximum absolute atomic E-state index is 13.8. The average Bonchev–Trinajstić information content (AvgIpc) is 3.72. The van der Waals surface area contributed by atoms with Gasteiger partial charge in [-0.1, -0.05) is 39.0 Å². The predicted octanol–water partition coefficient (Wildman–Crippen LogP) is 1.01. The molecule has 2 saturated carbocycles. The molecule has 2 spiro atoms. The van der Waals surface area contributed by atoms with Gasteiger partial charge in [-0.05, 0) is 54.2 Å². The number of aliphatic hydroxyl groups excluding tert-OH is 2. The molecule has 236 valence electrons. The molecule has 2 aromatic carbocycles. The highest BCUT2D eigenvalue weighted by Gasteiger charge is 3.04. The minimum absolute atomic E-state index is 0.0664. The highest BCUT2D eigenvalue weighted by molar-refractivity contribution is 5.96. The lowest BCUT2D eigenvalue weighted by atomic mass is 9.51. The molecule has 3 N–H and O–H groups in total. The number of rotatable bonds is 4. The third-order valence-electron chi connectivity index (χ3n) is 10.9. The second kappa shape index (κ2) is 8.60. The van der Waals surface area contributed by atoms with Crippen molar-refractivity contribution in [2.75, 3.05) is 0 Å². The van der Waals surface area contributed by atoms with Crippen LogP contribution in [0.5, 0.6) is 11.5 Å². The smallest absolute Gasteiger partial charge is 0.350 e. The number of para-hydroxylation sites is 1. The van der Waals surface area contributed by atoms with Gasteiger partial charge in [0, 0.05) is 0 Å². The normalized spacial score (nSPS) is 43.6. The van der Waals surface area contributed by atoms with Crippen LogP contribution >= 0.6 is 0 Å². The van der Waals surface area contributed by atoms with Crippen LogP contribution in [0, 0.1) is 22.2 Å². The van der Waals surface area contributed by atoms with Crippen molar-refractivity contribution in [3.8, 4) is 11.5 Å². The fourth-order valence-electron chi connectivity index (χ4n) is 9.46. The van der Waals surface area contributed by atoms with Crippen LogP contribution in [0.4, 0.5) is 0 Å². The van der Waals surface area contributed by atoms with Crippen LogP contribution in [0.3, 0.4) is 0 Å². The summed E-state index contributed by atoms with van der Waals surface area (Å²) in [6.45, 7) is 5.59. The monoisotopic (exact) mass is 622 g/mol. The first-order chi connectivity index (χ1) is 21.3. The molecule has 11 atom stereocenters. The fraction of sp³-hybridized carbons (Fsp3) is 0.500. The summed E-state index contributed by atoms with van der Waals surface area (Å²) in [4.78, 5) is 53.7. The number of hydrogen-bond acceptors (Lipinski definition) is 13. The van der Waals surface area contributed by atoms with E-state index in [2.05, 4.69) is 0 Å². The van der Waals surface area contributed by atoms with Gasteiger partial charge in [-0.25, -0.2) is 19.2 Å². The quantitative estimate of drug-likeness (QED) is 0.325. The summed E-state index contributed by atoms with van der Waals surface area (Å²) in [6, 6.07) is 15.0. The first kappa shape index (κ1) is 28.4. The van der Waals surface area contributed by atoms with E-state index in [0.717, 1.165) is 0 Å². The van der Waals surface area contributed by atoms with Crippen molar-refractivity contribution < 1.29 is 62.9 Å². The van der Waals surface area contributed by atoms with Crippen LogP contribution in [-0.4, -0.2) is 87.2 Å². The van der Waals surface area contributed by atoms with Gasteiger partial charge in [0.1, 0.15) is 23.7 Å². The summed E-state index contributed by atoms with van der Waals surface area (Å²) in [5.74, 6) is -3.95. The fourth-order valence-corrected chi connectivity index (χ4v) is 9.46. The zero-order valence-corrected chi connectivity index (χ0v) is 24.4. The number of ether oxygens (including phenoxy) is 6. The van der Waals surface area contributed by atoms with Gasteiger partial charge in [0.15, 0.2) is 17.8 Å². The Labute approximate surface area is 255 Å². The molecule has 45 heavy (non-hydrogen) atoms. The van der Waals surface area contributed by atoms with Gasteiger partial charge in [0.2, 0.25) is 18.0 Å². The first-order valence-corrected chi connectivity index (χ1v) is 14.7. The van der Waals surface area contributed by atoms with Gasteiger partial charge in [0.05, 0.1) is 16.4 Å². The van der Waals surface area contributed by atoms with Gasteiger partial charge in [-0.15, -0.1) is 0 Å². The minimum atomic E-state index is -2.80. The largest absolute Gasteiger partial charge is 0.459 e. The topological polar surface area (TPSA) is 184 Å². The Morgan fingerprint density at radius 1 is 0.911 bits per heavy atom. The molecule has 2 aromatic rings. The van der Waals surface area contributed by atoms with E-state index in [0.29, 0.717) is 11.5 Å². The molecule has 6 fully saturated rings. The summed E-state index contributed by atoms with van der Waals surface area (Å²) < 4.78 is 34.7. The molecule has 4 saturated heterocycles. The molecule has 0 bridgehead atoms. The number of carbonyl (C=O) groups is 4. The van der Waals surface area contributed by atoms with Gasteiger partial charge < -0.3 is 43.7 Å². The second-order valence-corrected chi connectivity index (χ2v) is 13.7. The van der Waals surface area contributed by atoms with Gasteiger partial charge in [-0.2, -0.15) is 0 Å². The molecule has 2 aliphatic carbocycles. The van der Waals surface area contributed by atoms with Crippen LogP contribution in [0.25, 0.3) is 0 Å². The highest BCUT2D eigenvalue weighted by Crippen LogP contribution is 2.84. The van der Waals surface area contributed by atoms with E-state index in [9.17, 15) is 34.5 Å². The van der Waals surface area contributed by atoms with Gasteiger partial charge in [0.25, 0.3) is 0 Å². The summed E-state index contributed by atoms with van der Waals surface area (Å²) >= 11 is 0. The van der Waals surface area contributed by atoms with E-state index >= 15 is 0 Å². The molecule has 0 radical (unpaired) electrons. The maximum Gasteiger partial charge on any atom is 0.350 e. The van der Waals surface area contributed by atoms with Crippen molar-refractivity contribution in [2.45, 2.75) is 75.2 Å². The van der Waals surface area contributed by atoms with E-state index in [-0.39, 0.29) is 12.0 Å². The maximum atomic E-state index is 13.8. The van der Waals surface area contributed by atoms with Crippen molar-refractivity contribution in [1.82, 2.24) is 0 Å². The van der Waals surface area contributed by atoms with E-state index in [1.54, 1.807) is 24.3 Å². The Kier molecular flexibility index (Phi) is 5.44. The first-order valence-electron chi connectivity index (χ1n) is 14.7. The lowest BCUT2D eigenvalue weighted by molar-refractivity contribution is -0.245. The van der Waals surface area contributed by atoms with Crippen molar-refractivity contribution in [3.05, 3.63) is 60.2 Å². The molecule has 13 nitrogen and oxygen atoms in total. The molecule has 8 rings (SSSR count). The Balaban J connectivity index is 1.23. The summed E-state index contributed by atoms with van der Waals surface area (Å²) in [7, 11) is 0. The molecule has 6 unspecified atom stereocenters. The minimum Gasteiger partial charge on any atom is -0.459 e. The van der Waals surface area contributed by atoms with E-state index in [1.807, 2.05) is 39.0 Å². The highest BCUT2D eigenvalue weighted by atomic mass is 16.8. The Bertz CT molecular complexity index is 1650. The van der Waals surface area contributed by atoms with Crippen molar-refractivity contribution >= 4 is 23.9 Å². The Morgan fingerprint density at radius 3 is 2.24 bits per heavy atom. The van der Waals surface area contributed by atoms with E-state index in [4.69, 9.17) is 28.4 Å². The summed E-state index contributed by atoms with van der Waals surface area (Å²) in [5.41, 5.74) is -9.85. The van der Waals surface area contributed by atoms with Crippen molar-refractivity contribution in [2.24, 2.45) is 22.2 Å². The van der Waals surface area contributed by atoms with Gasteiger partial charge >= 0.3 is 23.9 Å². The molecule has 4 aliphatic heterocycles. The van der Waals surface area contributed by atoms with Crippen molar-refractivity contribution in [3.63, 3.8) is 0 Å². The standard InChI is InChI=1S/C32H30O13/c1-28(2,3)17-13-18-30-19(33)21-31(39,20(34)24(36)42-21)32(30,26(38)41-18)45-27-29(17,30)22(25(37)44-27)43-23(35)14-9-11-16(12-10-14)40-15-7-5-4-6-8-15/h4-12,17-22,27,33-34,39H,13H2,1-3H3/t17-,18?,19-,20+,21?,22-,27?,29?,30?,31+,32?/m0/s1. The Hall–Kier alpha value is -4.04. The molecule has 0 aromatic heterocycles.